The Labute approximate surface area is 145 Å². The van der Waals surface area contributed by atoms with Crippen LogP contribution in [0.5, 0.6) is 5.75 Å². The second-order valence-electron chi connectivity index (χ2n) is 5.67. The van der Waals surface area contributed by atoms with Crippen molar-refractivity contribution in [2.45, 2.75) is 13.1 Å². The van der Waals surface area contributed by atoms with Crippen LogP contribution in [0.2, 0.25) is 5.02 Å². The van der Waals surface area contributed by atoms with Crippen molar-refractivity contribution in [3.8, 4) is 5.75 Å². The number of benzene rings is 1. The van der Waals surface area contributed by atoms with E-state index >= 15 is 0 Å². The molecule has 1 aliphatic heterocycles. The number of hydrogen-bond acceptors (Lipinski definition) is 6. The van der Waals surface area contributed by atoms with E-state index in [1.807, 2.05) is 24.4 Å². The van der Waals surface area contributed by atoms with Gasteiger partial charge in [-0.1, -0.05) is 11.6 Å². The third-order valence-electron chi connectivity index (χ3n) is 4.05. The van der Waals surface area contributed by atoms with Crippen LogP contribution in [0.1, 0.15) is 10.4 Å². The first-order valence-corrected chi connectivity index (χ1v) is 8.81. The summed E-state index contributed by atoms with van der Waals surface area (Å²) in [6.45, 7) is 5.95. The summed E-state index contributed by atoms with van der Waals surface area (Å²) in [5.41, 5.74) is 6.83. The number of piperazine rings is 1. The molecule has 1 aromatic heterocycles. The number of thiazole rings is 1. The number of aromatic nitrogens is 1. The monoisotopic (exact) mass is 352 g/mol. The van der Waals surface area contributed by atoms with Crippen LogP contribution >= 0.6 is 22.9 Å². The van der Waals surface area contributed by atoms with Crippen molar-refractivity contribution in [3.63, 3.8) is 0 Å². The van der Waals surface area contributed by atoms with Gasteiger partial charge in [-0.25, -0.2) is 4.98 Å². The Kier molecular flexibility index (Phi) is 5.38. The van der Waals surface area contributed by atoms with Crippen molar-refractivity contribution in [1.82, 2.24) is 14.8 Å². The molecule has 1 aliphatic rings. The van der Waals surface area contributed by atoms with Gasteiger partial charge in [0.1, 0.15) is 5.75 Å². The Morgan fingerprint density at radius 3 is 2.52 bits per heavy atom. The molecule has 2 heterocycles. The number of nitrogen functional groups attached to an aromatic ring is 1. The molecule has 1 saturated heterocycles. The summed E-state index contributed by atoms with van der Waals surface area (Å²) < 4.78 is 5.43. The van der Waals surface area contributed by atoms with Gasteiger partial charge in [-0.15, -0.1) is 11.3 Å². The van der Waals surface area contributed by atoms with E-state index in [2.05, 4.69) is 14.8 Å². The predicted molar refractivity (Wildman–Crippen MR) is 95.1 cm³/mol. The van der Waals surface area contributed by atoms with Crippen LogP contribution in [-0.4, -0.2) is 48.1 Å². The van der Waals surface area contributed by atoms with E-state index in [1.165, 1.54) is 4.88 Å². The second-order valence-corrected chi connectivity index (χ2v) is 7.26. The van der Waals surface area contributed by atoms with Crippen LogP contribution in [-0.2, 0) is 13.1 Å². The Morgan fingerprint density at radius 2 is 1.91 bits per heavy atom. The van der Waals surface area contributed by atoms with Gasteiger partial charge in [0.2, 0.25) is 0 Å². The largest absolute Gasteiger partial charge is 0.496 e. The Hall–Kier alpha value is -1.34. The summed E-state index contributed by atoms with van der Waals surface area (Å²) in [4.78, 5) is 10.2. The first-order chi connectivity index (χ1) is 11.1. The quantitative estimate of drug-likeness (QED) is 0.896. The van der Waals surface area contributed by atoms with Gasteiger partial charge in [0, 0.05) is 60.9 Å². The SMILES string of the molecule is COc1ccc(Cl)cc1CN1CCN(Cc2cnc(N)s2)CC1. The number of nitrogens with zero attached hydrogens (tertiary/aromatic N) is 3. The first-order valence-electron chi connectivity index (χ1n) is 7.61. The predicted octanol–water partition coefficient (Wildman–Crippen LogP) is 2.71. The highest BCUT2D eigenvalue weighted by molar-refractivity contribution is 7.15. The van der Waals surface area contributed by atoms with E-state index < -0.39 is 0 Å². The topological polar surface area (TPSA) is 54.6 Å². The van der Waals surface area contributed by atoms with Gasteiger partial charge >= 0.3 is 0 Å². The van der Waals surface area contributed by atoms with Crippen LogP contribution in [0.25, 0.3) is 0 Å². The number of hydrogen-bond donors (Lipinski definition) is 1. The standard InChI is InChI=1S/C16H21ClN4OS/c1-22-15-3-2-13(17)8-12(15)10-20-4-6-21(7-5-20)11-14-9-19-16(18)23-14/h2-3,8-9H,4-7,10-11H2,1H3,(H2,18,19). The van der Waals surface area contributed by atoms with E-state index in [-0.39, 0.29) is 0 Å². The maximum absolute atomic E-state index is 6.11. The molecule has 0 aliphatic carbocycles. The minimum atomic E-state index is 0.645. The first kappa shape index (κ1) is 16.5. The zero-order valence-corrected chi connectivity index (χ0v) is 14.7. The van der Waals surface area contributed by atoms with E-state index in [0.717, 1.165) is 55.6 Å². The number of nitrogens with two attached hydrogens (primary N) is 1. The number of methoxy groups -OCH3 is 1. The lowest BCUT2D eigenvalue weighted by Crippen LogP contribution is -2.45. The number of halogens is 1. The number of anilines is 1. The van der Waals surface area contributed by atoms with Crippen LogP contribution < -0.4 is 10.5 Å². The Balaban J connectivity index is 1.54. The minimum Gasteiger partial charge on any atom is -0.496 e. The van der Waals surface area contributed by atoms with Crippen molar-refractivity contribution in [3.05, 3.63) is 39.9 Å². The van der Waals surface area contributed by atoms with Gasteiger partial charge in [-0.3, -0.25) is 9.80 Å². The van der Waals surface area contributed by atoms with Crippen molar-refractivity contribution in [2.24, 2.45) is 0 Å². The maximum Gasteiger partial charge on any atom is 0.180 e. The van der Waals surface area contributed by atoms with Gasteiger partial charge in [-0.05, 0) is 18.2 Å². The van der Waals surface area contributed by atoms with Crippen LogP contribution in [0, 0.1) is 0 Å². The van der Waals surface area contributed by atoms with E-state index in [0.29, 0.717) is 5.13 Å². The fourth-order valence-electron chi connectivity index (χ4n) is 2.83. The summed E-state index contributed by atoms with van der Waals surface area (Å²) in [6.07, 6.45) is 1.88. The van der Waals surface area contributed by atoms with Crippen LogP contribution in [0.3, 0.4) is 0 Å². The van der Waals surface area contributed by atoms with Gasteiger partial charge < -0.3 is 10.5 Å². The third-order valence-corrected chi connectivity index (χ3v) is 5.10. The fourth-order valence-corrected chi connectivity index (χ4v) is 3.75. The highest BCUT2D eigenvalue weighted by atomic mass is 35.5. The molecule has 2 N–H and O–H groups in total. The average molecular weight is 353 g/mol. The number of rotatable bonds is 5. The van der Waals surface area contributed by atoms with E-state index in [1.54, 1.807) is 18.4 Å². The molecule has 0 atom stereocenters. The molecule has 0 unspecified atom stereocenters. The highest BCUT2D eigenvalue weighted by Crippen LogP contribution is 2.25. The lowest BCUT2D eigenvalue weighted by atomic mass is 10.1. The molecular formula is C16H21ClN4OS. The van der Waals surface area contributed by atoms with Gasteiger partial charge in [0.05, 0.1) is 7.11 Å². The smallest absolute Gasteiger partial charge is 0.180 e. The summed E-state index contributed by atoms with van der Waals surface area (Å²) in [5, 5.41) is 1.40. The molecule has 0 spiro atoms. The molecular weight excluding hydrogens is 332 g/mol. The average Bonchev–Trinajstić information content (AvgIpc) is 2.95. The molecule has 0 radical (unpaired) electrons. The Morgan fingerprint density at radius 1 is 1.22 bits per heavy atom. The molecule has 7 heteroatoms. The molecule has 124 valence electrons. The molecule has 3 rings (SSSR count). The number of ether oxygens (including phenoxy) is 1. The summed E-state index contributed by atoms with van der Waals surface area (Å²) in [5.74, 6) is 0.900. The van der Waals surface area contributed by atoms with E-state index in [9.17, 15) is 0 Å². The van der Waals surface area contributed by atoms with Crippen molar-refractivity contribution >= 4 is 28.1 Å². The lowest BCUT2D eigenvalue weighted by molar-refractivity contribution is 0.122. The zero-order chi connectivity index (χ0) is 16.2. The minimum absolute atomic E-state index is 0.645. The van der Waals surface area contributed by atoms with Crippen molar-refractivity contribution in [2.75, 3.05) is 39.0 Å². The van der Waals surface area contributed by atoms with Gasteiger partial charge in [0.15, 0.2) is 5.13 Å². The molecule has 1 aromatic carbocycles. The zero-order valence-electron chi connectivity index (χ0n) is 13.2. The Bertz CT molecular complexity index is 655. The third kappa shape index (κ3) is 4.35. The molecule has 0 amide bonds. The fraction of sp³-hybridized carbons (Fsp3) is 0.438. The summed E-state index contributed by atoms with van der Waals surface area (Å²) in [6, 6.07) is 5.79. The maximum atomic E-state index is 6.11. The van der Waals surface area contributed by atoms with Crippen LogP contribution in [0.4, 0.5) is 5.13 Å². The molecule has 0 bridgehead atoms. The van der Waals surface area contributed by atoms with E-state index in [4.69, 9.17) is 22.1 Å². The molecule has 0 saturated carbocycles. The molecule has 1 fully saturated rings. The molecule has 2 aromatic rings. The summed E-state index contributed by atoms with van der Waals surface area (Å²) >= 11 is 7.68. The van der Waals surface area contributed by atoms with Crippen molar-refractivity contribution in [1.29, 1.82) is 0 Å². The highest BCUT2D eigenvalue weighted by Gasteiger charge is 2.19. The van der Waals surface area contributed by atoms with Gasteiger partial charge in [0.25, 0.3) is 0 Å². The molecule has 23 heavy (non-hydrogen) atoms. The summed E-state index contributed by atoms with van der Waals surface area (Å²) in [7, 11) is 1.70. The second kappa shape index (κ2) is 7.49. The normalized spacial score (nSPS) is 16.6. The van der Waals surface area contributed by atoms with Crippen molar-refractivity contribution < 1.29 is 4.74 Å². The van der Waals surface area contributed by atoms with Crippen LogP contribution in [0.15, 0.2) is 24.4 Å². The van der Waals surface area contributed by atoms with Gasteiger partial charge in [-0.2, -0.15) is 0 Å². The lowest BCUT2D eigenvalue weighted by Gasteiger charge is -2.34. The molecule has 5 nitrogen and oxygen atoms in total.